The Kier molecular flexibility index (Phi) is 1.39. The van der Waals surface area contributed by atoms with E-state index >= 15 is 0 Å². The minimum Gasteiger partial charge on any atom is -0.349 e. The highest BCUT2D eigenvalue weighted by atomic mass is 16.6. The van der Waals surface area contributed by atoms with Crippen molar-refractivity contribution in [2.75, 3.05) is 0 Å². The minimum absolute atomic E-state index is 0.0594. The van der Waals surface area contributed by atoms with Crippen molar-refractivity contribution in [3.63, 3.8) is 0 Å². The third-order valence-corrected chi connectivity index (χ3v) is 3.18. The molecule has 0 N–H and O–H groups in total. The van der Waals surface area contributed by atoms with Crippen LogP contribution in [-0.2, 0) is 4.74 Å². The van der Waals surface area contributed by atoms with Crippen LogP contribution >= 0.6 is 0 Å². The first-order chi connectivity index (χ1) is 7.04. The molecule has 0 saturated carbocycles. The van der Waals surface area contributed by atoms with Crippen molar-refractivity contribution in [1.29, 1.82) is 0 Å². The quantitative estimate of drug-likeness (QED) is 0.599. The van der Waals surface area contributed by atoms with Crippen molar-refractivity contribution < 1.29 is 14.3 Å². The van der Waals surface area contributed by atoms with Crippen LogP contribution in [0, 0.1) is 6.92 Å². The molecule has 1 aliphatic carbocycles. The Morgan fingerprint density at radius 3 is 2.73 bits per heavy atom. The van der Waals surface area contributed by atoms with E-state index in [-0.39, 0.29) is 11.6 Å². The van der Waals surface area contributed by atoms with E-state index in [1.807, 2.05) is 13.0 Å². The minimum atomic E-state index is -0.876. The molecular weight excluding hydrogens is 192 g/mol. The Balaban J connectivity index is 2.25. The van der Waals surface area contributed by atoms with Crippen LogP contribution in [-0.4, -0.2) is 23.3 Å². The maximum absolute atomic E-state index is 12.0. The molecule has 1 heterocycles. The zero-order valence-corrected chi connectivity index (χ0v) is 8.53. The molecule has 0 bridgehead atoms. The molecule has 0 aromatic heterocycles. The standard InChI is InChI=1S/C12H10O3/c1-6-3-4-7-8(5-6)9(13)11-12(2,15-11)10(7)14/h3-5,11H,1-2H3. The number of hydrogen-bond acceptors (Lipinski definition) is 3. The molecule has 2 aliphatic rings. The third kappa shape index (κ3) is 0.934. The average Bonchev–Trinajstić information content (AvgIpc) is 2.89. The monoisotopic (exact) mass is 202 g/mol. The summed E-state index contributed by atoms with van der Waals surface area (Å²) in [4.78, 5) is 23.8. The first-order valence-corrected chi connectivity index (χ1v) is 4.91. The summed E-state index contributed by atoms with van der Waals surface area (Å²) in [5.74, 6) is -0.127. The highest BCUT2D eigenvalue weighted by Gasteiger charge is 2.65. The molecule has 76 valence electrons. The van der Waals surface area contributed by atoms with Crippen LogP contribution in [0.1, 0.15) is 33.2 Å². The van der Waals surface area contributed by atoms with Gasteiger partial charge in [0.15, 0.2) is 23.3 Å². The normalized spacial score (nSPS) is 32.3. The summed E-state index contributed by atoms with van der Waals surface area (Å²) in [6.07, 6.45) is -0.542. The molecule has 0 radical (unpaired) electrons. The smallest absolute Gasteiger partial charge is 0.198 e. The van der Waals surface area contributed by atoms with Crippen LogP contribution in [0.25, 0.3) is 0 Å². The number of aryl methyl sites for hydroxylation is 1. The second-order valence-corrected chi connectivity index (χ2v) is 4.35. The Morgan fingerprint density at radius 2 is 2.00 bits per heavy atom. The number of carbonyl (C=O) groups is 2. The van der Waals surface area contributed by atoms with Gasteiger partial charge in [-0.2, -0.15) is 0 Å². The van der Waals surface area contributed by atoms with E-state index < -0.39 is 11.7 Å². The molecule has 1 aromatic rings. The highest BCUT2D eigenvalue weighted by Crippen LogP contribution is 2.45. The number of epoxide rings is 1. The molecule has 0 spiro atoms. The predicted molar refractivity (Wildman–Crippen MR) is 53.1 cm³/mol. The number of ether oxygens (including phenoxy) is 1. The van der Waals surface area contributed by atoms with Gasteiger partial charge in [0, 0.05) is 11.1 Å². The van der Waals surface area contributed by atoms with Crippen molar-refractivity contribution in [1.82, 2.24) is 0 Å². The van der Waals surface area contributed by atoms with Crippen LogP contribution in [0.4, 0.5) is 0 Å². The van der Waals surface area contributed by atoms with Gasteiger partial charge >= 0.3 is 0 Å². The number of hydrogen-bond donors (Lipinski definition) is 0. The maximum atomic E-state index is 12.0. The van der Waals surface area contributed by atoms with E-state index in [9.17, 15) is 9.59 Å². The molecule has 2 unspecified atom stereocenters. The fourth-order valence-corrected chi connectivity index (χ4v) is 2.16. The van der Waals surface area contributed by atoms with Crippen LogP contribution in [0.2, 0.25) is 0 Å². The molecule has 1 fully saturated rings. The average molecular weight is 202 g/mol. The Morgan fingerprint density at radius 1 is 1.27 bits per heavy atom. The lowest BCUT2D eigenvalue weighted by molar-refractivity contribution is 0.0874. The summed E-state index contributed by atoms with van der Waals surface area (Å²) in [5.41, 5.74) is 1.13. The van der Waals surface area contributed by atoms with Gasteiger partial charge in [0.25, 0.3) is 0 Å². The number of ketones is 2. The zero-order chi connectivity index (χ0) is 10.8. The molecule has 3 rings (SSSR count). The lowest BCUT2D eigenvalue weighted by atomic mass is 9.82. The highest BCUT2D eigenvalue weighted by molar-refractivity contribution is 6.22. The molecule has 1 aliphatic heterocycles. The summed E-state index contributed by atoms with van der Waals surface area (Å²) in [5, 5.41) is 0. The largest absolute Gasteiger partial charge is 0.349 e. The van der Waals surface area contributed by atoms with Crippen LogP contribution in [0.15, 0.2) is 18.2 Å². The molecular formula is C12H10O3. The molecule has 1 saturated heterocycles. The predicted octanol–water partition coefficient (Wildman–Crippen LogP) is 1.53. The van der Waals surface area contributed by atoms with E-state index in [2.05, 4.69) is 0 Å². The summed E-state index contributed by atoms with van der Waals surface area (Å²) in [7, 11) is 0. The van der Waals surface area contributed by atoms with Gasteiger partial charge in [-0.05, 0) is 19.9 Å². The molecule has 15 heavy (non-hydrogen) atoms. The van der Waals surface area contributed by atoms with Gasteiger partial charge in [-0.15, -0.1) is 0 Å². The number of fused-ring (bicyclic) bond motifs is 2. The molecule has 3 heteroatoms. The first-order valence-electron chi connectivity index (χ1n) is 4.91. The first kappa shape index (κ1) is 8.80. The lowest BCUT2D eigenvalue weighted by Crippen LogP contribution is -2.34. The Bertz CT molecular complexity index is 504. The molecule has 1 aromatic carbocycles. The van der Waals surface area contributed by atoms with Crippen molar-refractivity contribution >= 4 is 11.6 Å². The van der Waals surface area contributed by atoms with Crippen LogP contribution in [0.5, 0.6) is 0 Å². The van der Waals surface area contributed by atoms with E-state index in [0.717, 1.165) is 5.56 Å². The van der Waals surface area contributed by atoms with E-state index in [4.69, 9.17) is 4.74 Å². The van der Waals surface area contributed by atoms with Gasteiger partial charge in [0.2, 0.25) is 0 Å². The maximum Gasteiger partial charge on any atom is 0.198 e. The van der Waals surface area contributed by atoms with Gasteiger partial charge in [0.05, 0.1) is 0 Å². The Labute approximate surface area is 87.0 Å². The molecule has 2 atom stereocenters. The topological polar surface area (TPSA) is 46.7 Å². The number of benzene rings is 1. The summed E-state index contributed by atoms with van der Waals surface area (Å²) < 4.78 is 5.21. The van der Waals surface area contributed by atoms with Gasteiger partial charge in [-0.25, -0.2) is 0 Å². The fourth-order valence-electron chi connectivity index (χ4n) is 2.16. The SMILES string of the molecule is Cc1ccc2c(c1)C(=O)C1OC1(C)C2=O. The van der Waals surface area contributed by atoms with Gasteiger partial charge < -0.3 is 4.74 Å². The summed E-state index contributed by atoms with van der Waals surface area (Å²) in [6.45, 7) is 3.58. The van der Waals surface area contributed by atoms with E-state index in [1.54, 1.807) is 19.1 Å². The fraction of sp³-hybridized carbons (Fsp3) is 0.333. The summed E-state index contributed by atoms with van der Waals surface area (Å²) >= 11 is 0. The van der Waals surface area contributed by atoms with Gasteiger partial charge in [0.1, 0.15) is 0 Å². The van der Waals surface area contributed by atoms with Gasteiger partial charge in [-0.3, -0.25) is 9.59 Å². The Hall–Kier alpha value is -1.48. The van der Waals surface area contributed by atoms with E-state index in [1.165, 1.54) is 0 Å². The summed E-state index contributed by atoms with van der Waals surface area (Å²) in [6, 6.07) is 5.32. The third-order valence-electron chi connectivity index (χ3n) is 3.18. The number of rotatable bonds is 0. The van der Waals surface area contributed by atoms with Crippen molar-refractivity contribution in [2.45, 2.75) is 25.6 Å². The van der Waals surface area contributed by atoms with Crippen molar-refractivity contribution in [3.05, 3.63) is 34.9 Å². The number of carbonyl (C=O) groups excluding carboxylic acids is 2. The van der Waals surface area contributed by atoms with E-state index in [0.29, 0.717) is 11.1 Å². The second-order valence-electron chi connectivity index (χ2n) is 4.35. The van der Waals surface area contributed by atoms with Gasteiger partial charge in [-0.1, -0.05) is 17.7 Å². The van der Waals surface area contributed by atoms with Crippen LogP contribution < -0.4 is 0 Å². The molecule has 0 amide bonds. The zero-order valence-electron chi connectivity index (χ0n) is 8.53. The molecule has 3 nitrogen and oxygen atoms in total. The lowest BCUT2D eigenvalue weighted by Gasteiger charge is -2.15. The second kappa shape index (κ2) is 2.36. The van der Waals surface area contributed by atoms with Crippen molar-refractivity contribution in [3.8, 4) is 0 Å². The number of Topliss-reactive ketones (excluding diaryl/α,β-unsaturated/α-hetero) is 2. The van der Waals surface area contributed by atoms with Crippen LogP contribution in [0.3, 0.4) is 0 Å². The van der Waals surface area contributed by atoms with Crippen molar-refractivity contribution in [2.24, 2.45) is 0 Å².